The van der Waals surface area contributed by atoms with Gasteiger partial charge >= 0.3 is 0 Å². The highest BCUT2D eigenvalue weighted by molar-refractivity contribution is 5.52. The van der Waals surface area contributed by atoms with E-state index >= 15 is 0 Å². The van der Waals surface area contributed by atoms with Crippen molar-refractivity contribution in [1.82, 2.24) is 10.2 Å². The van der Waals surface area contributed by atoms with Crippen molar-refractivity contribution in [2.75, 3.05) is 33.9 Å². The molecule has 0 spiro atoms. The molecule has 5 nitrogen and oxygen atoms in total. The average molecular weight is 383 g/mol. The Morgan fingerprint density at radius 1 is 1.04 bits per heavy atom. The third kappa shape index (κ3) is 3.56. The lowest BCUT2D eigenvalue weighted by Crippen LogP contribution is -2.55. The summed E-state index contributed by atoms with van der Waals surface area (Å²) < 4.78 is 17.0. The van der Waals surface area contributed by atoms with Crippen molar-refractivity contribution >= 4 is 0 Å². The van der Waals surface area contributed by atoms with E-state index in [1.54, 1.807) is 14.2 Å². The predicted octanol–water partition coefficient (Wildman–Crippen LogP) is 3.41. The fourth-order valence-electron chi connectivity index (χ4n) is 4.48. The predicted molar refractivity (Wildman–Crippen MR) is 111 cm³/mol. The summed E-state index contributed by atoms with van der Waals surface area (Å²) in [6, 6.07) is 13.6. The van der Waals surface area contributed by atoms with E-state index in [9.17, 15) is 0 Å². The van der Waals surface area contributed by atoms with E-state index < -0.39 is 0 Å². The quantitative estimate of drug-likeness (QED) is 0.858. The Hall–Kier alpha value is -2.24. The summed E-state index contributed by atoms with van der Waals surface area (Å²) in [5.74, 6) is 2.51. The molecule has 1 saturated heterocycles. The lowest BCUT2D eigenvalue weighted by atomic mass is 9.83. The van der Waals surface area contributed by atoms with Crippen LogP contribution in [0.2, 0.25) is 0 Å². The number of piperazine rings is 1. The first kappa shape index (κ1) is 19.1. The normalized spacial score (nSPS) is 21.8. The lowest BCUT2D eigenvalue weighted by Gasteiger charge is -2.46. The van der Waals surface area contributed by atoms with Gasteiger partial charge in [0.05, 0.1) is 26.4 Å². The molecule has 0 saturated carbocycles. The van der Waals surface area contributed by atoms with Crippen molar-refractivity contribution in [3.05, 3.63) is 53.1 Å². The van der Waals surface area contributed by atoms with Crippen LogP contribution in [0, 0.1) is 0 Å². The number of nitrogens with one attached hydrogen (secondary N) is 1. The summed E-state index contributed by atoms with van der Waals surface area (Å²) in [5, 5.41) is 3.55. The zero-order valence-electron chi connectivity index (χ0n) is 17.2. The maximum absolute atomic E-state index is 5.84. The van der Waals surface area contributed by atoms with Gasteiger partial charge in [-0.1, -0.05) is 12.1 Å². The van der Waals surface area contributed by atoms with Crippen molar-refractivity contribution in [2.24, 2.45) is 0 Å². The van der Waals surface area contributed by atoms with Crippen LogP contribution in [0.25, 0.3) is 0 Å². The molecule has 4 rings (SSSR count). The molecule has 150 valence electrons. The molecule has 1 N–H and O–H groups in total. The van der Waals surface area contributed by atoms with Crippen LogP contribution in [0.4, 0.5) is 0 Å². The summed E-state index contributed by atoms with van der Waals surface area (Å²) in [6.45, 7) is 7.17. The number of methoxy groups -OCH3 is 2. The van der Waals surface area contributed by atoms with Gasteiger partial charge in [0.25, 0.3) is 0 Å². The van der Waals surface area contributed by atoms with Crippen molar-refractivity contribution in [2.45, 2.75) is 38.5 Å². The van der Waals surface area contributed by atoms with Crippen molar-refractivity contribution in [3.8, 4) is 17.2 Å². The van der Waals surface area contributed by atoms with Crippen LogP contribution >= 0.6 is 0 Å². The molecule has 2 aliphatic rings. The van der Waals surface area contributed by atoms with Gasteiger partial charge in [0.15, 0.2) is 11.5 Å². The maximum Gasteiger partial charge on any atom is 0.161 e. The number of rotatable bonds is 5. The highest BCUT2D eigenvalue weighted by atomic mass is 16.5. The number of hydrogen-bond donors (Lipinski definition) is 1. The van der Waals surface area contributed by atoms with E-state index in [0.29, 0.717) is 6.04 Å². The minimum absolute atomic E-state index is 0.176. The van der Waals surface area contributed by atoms with Crippen LogP contribution in [0.5, 0.6) is 17.2 Å². The van der Waals surface area contributed by atoms with Gasteiger partial charge in [0.1, 0.15) is 5.75 Å². The molecule has 1 fully saturated rings. The molecule has 2 unspecified atom stereocenters. The highest BCUT2D eigenvalue weighted by Crippen LogP contribution is 2.43. The second-order valence-corrected chi connectivity index (χ2v) is 7.84. The number of hydrogen-bond acceptors (Lipinski definition) is 5. The van der Waals surface area contributed by atoms with Crippen molar-refractivity contribution in [3.63, 3.8) is 0 Å². The second-order valence-electron chi connectivity index (χ2n) is 7.84. The van der Waals surface area contributed by atoms with Crippen molar-refractivity contribution in [1.29, 1.82) is 0 Å². The molecule has 2 aromatic rings. The van der Waals surface area contributed by atoms with Gasteiger partial charge in [0, 0.05) is 25.7 Å². The fourth-order valence-corrected chi connectivity index (χ4v) is 4.48. The van der Waals surface area contributed by atoms with E-state index in [1.807, 2.05) is 0 Å². The molecule has 5 heteroatoms. The van der Waals surface area contributed by atoms with E-state index in [2.05, 4.69) is 60.5 Å². The lowest BCUT2D eigenvalue weighted by molar-refractivity contribution is 0.111. The molecule has 0 amide bonds. The molecule has 0 aliphatic carbocycles. The van der Waals surface area contributed by atoms with Gasteiger partial charge in [0.2, 0.25) is 0 Å². The smallest absolute Gasteiger partial charge is 0.161 e. The van der Waals surface area contributed by atoms with Crippen LogP contribution in [0.15, 0.2) is 36.4 Å². The Labute approximate surface area is 167 Å². The number of nitrogens with zero attached hydrogens (tertiary/aromatic N) is 1. The van der Waals surface area contributed by atoms with Crippen LogP contribution in [-0.2, 0) is 6.42 Å². The average Bonchev–Trinajstić information content (AvgIpc) is 2.71. The number of benzene rings is 2. The van der Waals surface area contributed by atoms with Crippen LogP contribution < -0.4 is 19.5 Å². The molecule has 0 aromatic heterocycles. The van der Waals surface area contributed by atoms with Gasteiger partial charge in [-0.25, -0.2) is 0 Å². The highest BCUT2D eigenvalue weighted by Gasteiger charge is 2.37. The molecule has 2 aliphatic heterocycles. The molecular formula is C23H30N2O3. The molecule has 2 atom stereocenters. The second kappa shape index (κ2) is 8.02. The summed E-state index contributed by atoms with van der Waals surface area (Å²) >= 11 is 0. The molecule has 0 bridgehead atoms. The summed E-state index contributed by atoms with van der Waals surface area (Å²) in [6.07, 6.45) is 1.20. The van der Waals surface area contributed by atoms with Gasteiger partial charge in [-0.3, -0.25) is 4.90 Å². The largest absolute Gasteiger partial charge is 0.493 e. The van der Waals surface area contributed by atoms with Gasteiger partial charge in [-0.2, -0.15) is 0 Å². The minimum Gasteiger partial charge on any atom is -0.493 e. The zero-order valence-corrected chi connectivity index (χ0v) is 17.2. The minimum atomic E-state index is 0.176. The van der Waals surface area contributed by atoms with Gasteiger partial charge in [-0.15, -0.1) is 0 Å². The Morgan fingerprint density at radius 3 is 2.43 bits per heavy atom. The van der Waals surface area contributed by atoms with Crippen LogP contribution in [0.1, 0.15) is 36.6 Å². The monoisotopic (exact) mass is 382 g/mol. The van der Waals surface area contributed by atoms with Crippen molar-refractivity contribution < 1.29 is 14.2 Å². The Balaban J connectivity index is 1.77. The summed E-state index contributed by atoms with van der Waals surface area (Å²) in [5.41, 5.74) is 3.94. The fraction of sp³-hybridized carbons (Fsp3) is 0.478. The number of fused-ring (bicyclic) bond motifs is 2. The van der Waals surface area contributed by atoms with Gasteiger partial charge < -0.3 is 19.5 Å². The Morgan fingerprint density at radius 2 is 1.75 bits per heavy atom. The van der Waals surface area contributed by atoms with Gasteiger partial charge in [-0.05, 0) is 61.2 Å². The molecule has 0 radical (unpaired) electrons. The SMILES string of the molecule is COc1cc2c(cc1OC)C(c1ccc(OC(C)C)cc1)N1CCNCC1C2. The van der Waals surface area contributed by atoms with E-state index in [-0.39, 0.29) is 12.1 Å². The Bertz CT molecular complexity index is 819. The topological polar surface area (TPSA) is 43.0 Å². The first-order valence-electron chi connectivity index (χ1n) is 10.1. The third-order valence-corrected chi connectivity index (χ3v) is 5.69. The Kier molecular flexibility index (Phi) is 5.47. The zero-order chi connectivity index (χ0) is 19.7. The molecule has 2 aromatic carbocycles. The molecule has 2 heterocycles. The third-order valence-electron chi connectivity index (χ3n) is 5.69. The first-order valence-corrected chi connectivity index (χ1v) is 10.1. The summed E-state index contributed by atoms with van der Waals surface area (Å²) in [7, 11) is 3.40. The van der Waals surface area contributed by atoms with E-state index in [4.69, 9.17) is 14.2 Å². The first-order chi connectivity index (χ1) is 13.6. The van der Waals surface area contributed by atoms with E-state index in [1.165, 1.54) is 16.7 Å². The summed E-state index contributed by atoms with van der Waals surface area (Å²) in [4.78, 5) is 2.63. The molecule has 28 heavy (non-hydrogen) atoms. The van der Waals surface area contributed by atoms with Crippen LogP contribution in [0.3, 0.4) is 0 Å². The van der Waals surface area contributed by atoms with Crippen LogP contribution in [-0.4, -0.2) is 50.9 Å². The molecular weight excluding hydrogens is 352 g/mol. The maximum atomic E-state index is 5.84. The van der Waals surface area contributed by atoms with E-state index in [0.717, 1.165) is 43.3 Å². The number of ether oxygens (including phenoxy) is 3. The standard InChI is InChI=1S/C23H30N2O3/c1-15(2)28-19-7-5-16(6-8-19)23-20-13-22(27-4)21(26-3)12-17(20)11-18-14-24-9-10-25(18)23/h5-8,12-13,15,18,23-24H,9-11,14H2,1-4H3.